The molecule has 2 aliphatic rings. The zero-order chi connectivity index (χ0) is 14.8. The van der Waals surface area contributed by atoms with Gasteiger partial charge in [-0.1, -0.05) is 12.8 Å². The first-order valence-corrected chi connectivity index (χ1v) is 8.27. The van der Waals surface area contributed by atoms with Gasteiger partial charge in [-0.05, 0) is 62.6 Å². The maximum absolute atomic E-state index is 13.5. The van der Waals surface area contributed by atoms with E-state index in [9.17, 15) is 4.39 Å². The van der Waals surface area contributed by atoms with Gasteiger partial charge in [-0.2, -0.15) is 0 Å². The van der Waals surface area contributed by atoms with Crippen molar-refractivity contribution in [3.05, 3.63) is 29.6 Å². The van der Waals surface area contributed by atoms with Crippen molar-refractivity contribution in [2.75, 3.05) is 7.11 Å². The Morgan fingerprint density at radius 2 is 2.00 bits per heavy atom. The molecule has 1 aromatic rings. The lowest BCUT2D eigenvalue weighted by Crippen LogP contribution is -2.36. The van der Waals surface area contributed by atoms with Crippen LogP contribution in [0.3, 0.4) is 0 Å². The number of nitrogens with one attached hydrogen (secondary N) is 1. The second-order valence-corrected chi connectivity index (χ2v) is 6.74. The van der Waals surface area contributed by atoms with Gasteiger partial charge in [0.15, 0.2) is 0 Å². The summed E-state index contributed by atoms with van der Waals surface area (Å²) in [6.07, 6.45) is 8.12. The topological polar surface area (TPSA) is 21.3 Å². The second kappa shape index (κ2) is 6.35. The summed E-state index contributed by atoms with van der Waals surface area (Å²) >= 11 is 0. The molecular weight excluding hydrogens is 265 g/mol. The standard InChI is InChI=1S/C18H26FNO/c1-12(17-11-15(19)8-9-18(17)21-2)20-16-5-3-4-14(10-16)13-6-7-13/h8-9,11-14,16,20H,3-7,10H2,1-2H3. The van der Waals surface area contributed by atoms with Crippen LogP contribution < -0.4 is 10.1 Å². The molecule has 3 atom stereocenters. The zero-order valence-electron chi connectivity index (χ0n) is 13.1. The summed E-state index contributed by atoms with van der Waals surface area (Å²) in [6.45, 7) is 2.11. The quantitative estimate of drug-likeness (QED) is 0.865. The SMILES string of the molecule is COc1ccc(F)cc1C(C)NC1CCCC(C2CC2)C1. The molecule has 1 aromatic carbocycles. The van der Waals surface area contributed by atoms with Gasteiger partial charge in [0.2, 0.25) is 0 Å². The number of hydrogen-bond acceptors (Lipinski definition) is 2. The van der Waals surface area contributed by atoms with Crippen LogP contribution in [-0.4, -0.2) is 13.2 Å². The molecule has 3 heteroatoms. The monoisotopic (exact) mass is 291 g/mol. The summed E-state index contributed by atoms with van der Waals surface area (Å²) < 4.78 is 18.9. The lowest BCUT2D eigenvalue weighted by atomic mass is 9.82. The summed E-state index contributed by atoms with van der Waals surface area (Å²) in [5.41, 5.74) is 0.922. The molecule has 2 aliphatic carbocycles. The van der Waals surface area contributed by atoms with Gasteiger partial charge in [0.1, 0.15) is 11.6 Å². The van der Waals surface area contributed by atoms with Crippen LogP contribution in [-0.2, 0) is 0 Å². The van der Waals surface area contributed by atoms with Crippen molar-refractivity contribution >= 4 is 0 Å². The summed E-state index contributed by atoms with van der Waals surface area (Å²) in [5, 5.41) is 3.70. The Labute approximate surface area is 127 Å². The van der Waals surface area contributed by atoms with E-state index in [0.717, 1.165) is 23.1 Å². The summed E-state index contributed by atoms with van der Waals surface area (Å²) in [7, 11) is 1.65. The largest absolute Gasteiger partial charge is 0.496 e. The van der Waals surface area contributed by atoms with E-state index in [4.69, 9.17) is 4.74 Å². The van der Waals surface area contributed by atoms with E-state index < -0.39 is 0 Å². The van der Waals surface area contributed by atoms with E-state index in [1.807, 2.05) is 0 Å². The third-order valence-electron chi connectivity index (χ3n) is 5.15. The Morgan fingerprint density at radius 3 is 2.71 bits per heavy atom. The smallest absolute Gasteiger partial charge is 0.123 e. The predicted molar refractivity (Wildman–Crippen MR) is 83.0 cm³/mol. The van der Waals surface area contributed by atoms with Crippen molar-refractivity contribution in [3.8, 4) is 5.75 Å². The Kier molecular flexibility index (Phi) is 4.48. The van der Waals surface area contributed by atoms with Gasteiger partial charge in [-0.3, -0.25) is 0 Å². The molecule has 2 fully saturated rings. The van der Waals surface area contributed by atoms with E-state index in [1.54, 1.807) is 19.2 Å². The molecule has 0 radical (unpaired) electrons. The second-order valence-electron chi connectivity index (χ2n) is 6.74. The minimum Gasteiger partial charge on any atom is -0.496 e. The molecule has 0 heterocycles. The van der Waals surface area contributed by atoms with Crippen molar-refractivity contribution in [2.45, 2.75) is 57.5 Å². The number of halogens is 1. The number of hydrogen-bond donors (Lipinski definition) is 1. The van der Waals surface area contributed by atoms with Crippen molar-refractivity contribution in [1.29, 1.82) is 0 Å². The minimum absolute atomic E-state index is 0.124. The van der Waals surface area contributed by atoms with Gasteiger partial charge in [-0.15, -0.1) is 0 Å². The van der Waals surface area contributed by atoms with E-state index in [2.05, 4.69) is 12.2 Å². The molecular formula is C18H26FNO. The summed E-state index contributed by atoms with van der Waals surface area (Å²) in [6, 6.07) is 5.46. The van der Waals surface area contributed by atoms with Crippen molar-refractivity contribution in [3.63, 3.8) is 0 Å². The molecule has 0 aliphatic heterocycles. The van der Waals surface area contributed by atoms with Crippen LogP contribution in [0, 0.1) is 17.7 Å². The highest BCUT2D eigenvalue weighted by Crippen LogP contribution is 2.44. The molecule has 1 N–H and O–H groups in total. The Balaban J connectivity index is 1.65. The molecule has 3 unspecified atom stereocenters. The molecule has 3 rings (SSSR count). The van der Waals surface area contributed by atoms with Gasteiger partial charge in [0.25, 0.3) is 0 Å². The summed E-state index contributed by atoms with van der Waals surface area (Å²) in [5.74, 6) is 2.48. The number of benzene rings is 1. The van der Waals surface area contributed by atoms with Crippen molar-refractivity contribution < 1.29 is 9.13 Å². The fourth-order valence-corrected chi connectivity index (χ4v) is 3.86. The van der Waals surface area contributed by atoms with Crippen LogP contribution in [0.25, 0.3) is 0 Å². The lowest BCUT2D eigenvalue weighted by molar-refractivity contribution is 0.248. The van der Waals surface area contributed by atoms with E-state index >= 15 is 0 Å². The van der Waals surface area contributed by atoms with Crippen LogP contribution >= 0.6 is 0 Å². The van der Waals surface area contributed by atoms with Gasteiger partial charge in [0, 0.05) is 17.6 Å². The highest BCUT2D eigenvalue weighted by molar-refractivity contribution is 5.36. The van der Waals surface area contributed by atoms with Crippen LogP contribution in [0.4, 0.5) is 4.39 Å². The van der Waals surface area contributed by atoms with Crippen molar-refractivity contribution in [1.82, 2.24) is 5.32 Å². The van der Waals surface area contributed by atoms with E-state index in [1.165, 1.54) is 44.6 Å². The molecule has 21 heavy (non-hydrogen) atoms. The molecule has 0 spiro atoms. The van der Waals surface area contributed by atoms with E-state index in [-0.39, 0.29) is 11.9 Å². The number of methoxy groups -OCH3 is 1. The number of rotatable bonds is 5. The minimum atomic E-state index is -0.195. The molecule has 2 nitrogen and oxygen atoms in total. The van der Waals surface area contributed by atoms with Gasteiger partial charge >= 0.3 is 0 Å². The lowest BCUT2D eigenvalue weighted by Gasteiger charge is -2.32. The van der Waals surface area contributed by atoms with Crippen molar-refractivity contribution in [2.24, 2.45) is 11.8 Å². The summed E-state index contributed by atoms with van der Waals surface area (Å²) in [4.78, 5) is 0. The fourth-order valence-electron chi connectivity index (χ4n) is 3.86. The predicted octanol–water partition coefficient (Wildman–Crippen LogP) is 4.45. The number of ether oxygens (including phenoxy) is 1. The molecule has 2 saturated carbocycles. The average Bonchev–Trinajstić information content (AvgIpc) is 3.32. The average molecular weight is 291 g/mol. The van der Waals surface area contributed by atoms with Gasteiger partial charge < -0.3 is 10.1 Å². The highest BCUT2D eigenvalue weighted by atomic mass is 19.1. The third-order valence-corrected chi connectivity index (χ3v) is 5.15. The normalized spacial score (nSPS) is 27.4. The highest BCUT2D eigenvalue weighted by Gasteiger charge is 2.35. The maximum atomic E-state index is 13.5. The fraction of sp³-hybridized carbons (Fsp3) is 0.667. The Morgan fingerprint density at radius 1 is 1.19 bits per heavy atom. The zero-order valence-corrected chi connectivity index (χ0v) is 13.1. The van der Waals surface area contributed by atoms with E-state index in [0.29, 0.717) is 6.04 Å². The Hall–Kier alpha value is -1.09. The van der Waals surface area contributed by atoms with Gasteiger partial charge in [-0.25, -0.2) is 4.39 Å². The van der Waals surface area contributed by atoms with Gasteiger partial charge in [0.05, 0.1) is 7.11 Å². The molecule has 116 valence electrons. The molecule has 0 saturated heterocycles. The first-order valence-electron chi connectivity index (χ1n) is 8.27. The Bertz CT molecular complexity index is 486. The molecule has 0 aromatic heterocycles. The third kappa shape index (κ3) is 3.57. The van der Waals surface area contributed by atoms with Crippen LogP contribution in [0.2, 0.25) is 0 Å². The molecule has 0 bridgehead atoms. The van der Waals surface area contributed by atoms with Crippen LogP contribution in [0.1, 0.15) is 57.1 Å². The maximum Gasteiger partial charge on any atom is 0.123 e. The van der Waals surface area contributed by atoms with Crippen LogP contribution in [0.15, 0.2) is 18.2 Å². The molecule has 0 amide bonds. The van der Waals surface area contributed by atoms with Crippen LogP contribution in [0.5, 0.6) is 5.75 Å². The first kappa shape index (κ1) is 14.8. The first-order chi connectivity index (χ1) is 10.2.